The molecule has 2 aromatic heterocycles. The SMILES string of the molecule is CCC(=O)N1CCc2[nH]cnc2C12CCN(c1cc(NC(C)C)ncn1)CC2. The molecule has 0 radical (unpaired) electrons. The van der Waals surface area contributed by atoms with Crippen molar-refractivity contribution >= 4 is 17.5 Å². The van der Waals surface area contributed by atoms with Crippen molar-refractivity contribution in [3.05, 3.63) is 30.1 Å². The summed E-state index contributed by atoms with van der Waals surface area (Å²) in [7, 11) is 0. The van der Waals surface area contributed by atoms with Crippen LogP contribution in [0.2, 0.25) is 0 Å². The molecule has 0 atom stereocenters. The summed E-state index contributed by atoms with van der Waals surface area (Å²) in [6, 6.07) is 2.33. The molecule has 8 heteroatoms. The van der Waals surface area contributed by atoms with E-state index in [1.807, 2.05) is 13.0 Å². The molecule has 2 aromatic rings. The first-order valence-electron chi connectivity index (χ1n) is 10.2. The second-order valence-corrected chi connectivity index (χ2v) is 7.96. The lowest BCUT2D eigenvalue weighted by molar-refractivity contribution is -0.140. The number of hydrogen-bond acceptors (Lipinski definition) is 6. The molecule has 0 bridgehead atoms. The first-order valence-corrected chi connectivity index (χ1v) is 10.2. The second kappa shape index (κ2) is 7.41. The highest BCUT2D eigenvalue weighted by Gasteiger charge is 2.48. The Morgan fingerprint density at radius 2 is 2.04 bits per heavy atom. The Morgan fingerprint density at radius 3 is 2.75 bits per heavy atom. The first kappa shape index (κ1) is 18.7. The Morgan fingerprint density at radius 1 is 1.25 bits per heavy atom. The van der Waals surface area contributed by atoms with E-state index in [-0.39, 0.29) is 11.4 Å². The quantitative estimate of drug-likeness (QED) is 0.842. The highest BCUT2D eigenvalue weighted by molar-refractivity contribution is 5.77. The van der Waals surface area contributed by atoms with Crippen LogP contribution in [-0.2, 0) is 16.8 Å². The minimum absolute atomic E-state index is 0.215. The molecule has 0 unspecified atom stereocenters. The number of rotatable bonds is 4. The zero-order valence-electron chi connectivity index (χ0n) is 16.9. The first-order chi connectivity index (χ1) is 13.5. The molecule has 0 aromatic carbocycles. The molecule has 2 N–H and O–H groups in total. The molecule has 0 aliphatic carbocycles. The number of carbonyl (C=O) groups is 1. The van der Waals surface area contributed by atoms with Crippen LogP contribution in [0.25, 0.3) is 0 Å². The van der Waals surface area contributed by atoms with Crippen LogP contribution in [0.15, 0.2) is 18.7 Å². The average molecular weight is 384 g/mol. The summed E-state index contributed by atoms with van der Waals surface area (Å²) in [6.07, 6.45) is 6.47. The Balaban J connectivity index is 1.57. The fraction of sp³-hybridized carbons (Fsp3) is 0.600. The van der Waals surface area contributed by atoms with Crippen molar-refractivity contribution in [2.24, 2.45) is 0 Å². The minimum Gasteiger partial charge on any atom is -0.368 e. The molecular weight excluding hydrogens is 354 g/mol. The minimum atomic E-state index is -0.302. The molecule has 2 aliphatic rings. The van der Waals surface area contributed by atoms with Crippen molar-refractivity contribution in [1.82, 2.24) is 24.8 Å². The lowest BCUT2D eigenvalue weighted by atomic mass is 9.78. The van der Waals surface area contributed by atoms with Gasteiger partial charge in [0, 0.05) is 50.3 Å². The van der Waals surface area contributed by atoms with E-state index in [1.165, 1.54) is 5.69 Å². The summed E-state index contributed by atoms with van der Waals surface area (Å²) in [5, 5.41) is 3.34. The maximum atomic E-state index is 12.7. The molecule has 1 spiro atoms. The largest absolute Gasteiger partial charge is 0.368 e. The van der Waals surface area contributed by atoms with E-state index >= 15 is 0 Å². The number of hydrogen-bond donors (Lipinski definition) is 2. The van der Waals surface area contributed by atoms with Crippen LogP contribution in [0.3, 0.4) is 0 Å². The number of piperidine rings is 1. The van der Waals surface area contributed by atoms with Gasteiger partial charge in [-0.05, 0) is 26.7 Å². The normalized spacial score (nSPS) is 18.4. The van der Waals surface area contributed by atoms with E-state index in [0.717, 1.165) is 56.2 Å². The lowest BCUT2D eigenvalue weighted by Crippen LogP contribution is -2.58. The van der Waals surface area contributed by atoms with Gasteiger partial charge in [0.15, 0.2) is 0 Å². The van der Waals surface area contributed by atoms with Crippen molar-refractivity contribution in [3.63, 3.8) is 0 Å². The molecule has 1 fully saturated rings. The lowest BCUT2D eigenvalue weighted by Gasteiger charge is -2.50. The molecule has 8 nitrogen and oxygen atoms in total. The number of imidazole rings is 1. The number of aromatic amines is 1. The zero-order valence-corrected chi connectivity index (χ0v) is 16.9. The van der Waals surface area contributed by atoms with Crippen molar-refractivity contribution in [3.8, 4) is 0 Å². The topological polar surface area (TPSA) is 90.0 Å². The van der Waals surface area contributed by atoms with Gasteiger partial charge < -0.3 is 20.1 Å². The van der Waals surface area contributed by atoms with Gasteiger partial charge in [0.05, 0.1) is 17.6 Å². The maximum Gasteiger partial charge on any atom is 0.223 e. The number of aromatic nitrogens is 4. The highest BCUT2D eigenvalue weighted by Crippen LogP contribution is 2.43. The predicted molar refractivity (Wildman–Crippen MR) is 108 cm³/mol. The number of amides is 1. The van der Waals surface area contributed by atoms with Crippen molar-refractivity contribution in [1.29, 1.82) is 0 Å². The second-order valence-electron chi connectivity index (χ2n) is 7.96. The summed E-state index contributed by atoms with van der Waals surface area (Å²) in [5.74, 6) is 1.99. The van der Waals surface area contributed by atoms with E-state index in [2.05, 4.69) is 48.9 Å². The van der Waals surface area contributed by atoms with Gasteiger partial charge in [-0.3, -0.25) is 4.79 Å². The van der Waals surface area contributed by atoms with Crippen LogP contribution in [0, 0.1) is 0 Å². The third kappa shape index (κ3) is 3.21. The fourth-order valence-corrected chi connectivity index (χ4v) is 4.54. The van der Waals surface area contributed by atoms with E-state index in [1.54, 1.807) is 12.7 Å². The molecule has 1 saturated heterocycles. The fourth-order valence-electron chi connectivity index (χ4n) is 4.54. The molecule has 4 rings (SSSR count). The molecular formula is C20H29N7O. The Kier molecular flexibility index (Phi) is 4.95. The van der Waals surface area contributed by atoms with Crippen LogP contribution < -0.4 is 10.2 Å². The number of carbonyl (C=O) groups excluding carboxylic acids is 1. The summed E-state index contributed by atoms with van der Waals surface area (Å²) < 4.78 is 0. The average Bonchev–Trinajstić information content (AvgIpc) is 3.18. The van der Waals surface area contributed by atoms with Gasteiger partial charge in [-0.2, -0.15) is 0 Å². The molecule has 1 amide bonds. The van der Waals surface area contributed by atoms with Crippen molar-refractivity contribution in [2.45, 2.75) is 58.0 Å². The van der Waals surface area contributed by atoms with E-state index in [9.17, 15) is 4.79 Å². The van der Waals surface area contributed by atoms with Gasteiger partial charge in [0.25, 0.3) is 0 Å². The van der Waals surface area contributed by atoms with E-state index in [4.69, 9.17) is 0 Å². The zero-order chi connectivity index (χ0) is 19.7. The van der Waals surface area contributed by atoms with E-state index < -0.39 is 0 Å². The Hall–Kier alpha value is -2.64. The predicted octanol–water partition coefficient (Wildman–Crippen LogP) is 2.31. The maximum absolute atomic E-state index is 12.7. The van der Waals surface area contributed by atoms with Gasteiger partial charge >= 0.3 is 0 Å². The third-order valence-corrected chi connectivity index (χ3v) is 5.87. The number of nitrogens with zero attached hydrogens (tertiary/aromatic N) is 5. The van der Waals surface area contributed by atoms with Crippen LogP contribution in [0.1, 0.15) is 51.4 Å². The van der Waals surface area contributed by atoms with Crippen LogP contribution in [0.4, 0.5) is 11.6 Å². The van der Waals surface area contributed by atoms with Crippen LogP contribution in [-0.4, -0.2) is 56.4 Å². The molecule has 150 valence electrons. The van der Waals surface area contributed by atoms with Crippen LogP contribution in [0.5, 0.6) is 0 Å². The Labute approximate surface area is 165 Å². The van der Waals surface area contributed by atoms with Crippen LogP contribution >= 0.6 is 0 Å². The van der Waals surface area contributed by atoms with Gasteiger partial charge in [-0.25, -0.2) is 15.0 Å². The summed E-state index contributed by atoms with van der Waals surface area (Å²) >= 11 is 0. The Bertz CT molecular complexity index is 839. The van der Waals surface area contributed by atoms with Gasteiger partial charge in [0.1, 0.15) is 18.0 Å². The summed E-state index contributed by atoms with van der Waals surface area (Å²) in [5.41, 5.74) is 1.94. The number of fused-ring (bicyclic) bond motifs is 2. The number of H-pyrrole nitrogens is 1. The molecule has 28 heavy (non-hydrogen) atoms. The summed E-state index contributed by atoms with van der Waals surface area (Å²) in [4.78, 5) is 33.8. The summed E-state index contributed by atoms with van der Waals surface area (Å²) in [6.45, 7) is 8.55. The van der Waals surface area contributed by atoms with Crippen molar-refractivity contribution < 1.29 is 4.79 Å². The molecule has 4 heterocycles. The van der Waals surface area contributed by atoms with Gasteiger partial charge in [-0.1, -0.05) is 6.92 Å². The highest BCUT2D eigenvalue weighted by atomic mass is 16.2. The monoisotopic (exact) mass is 383 g/mol. The smallest absolute Gasteiger partial charge is 0.223 e. The number of nitrogens with one attached hydrogen (secondary N) is 2. The van der Waals surface area contributed by atoms with E-state index in [0.29, 0.717) is 12.5 Å². The molecule has 0 saturated carbocycles. The molecule has 2 aliphatic heterocycles. The van der Waals surface area contributed by atoms with Gasteiger partial charge in [0.2, 0.25) is 5.91 Å². The third-order valence-electron chi connectivity index (χ3n) is 5.87. The standard InChI is InChI=1S/C20H29N7O/c1-4-18(28)27-8-5-15-19(24-12-21-15)20(27)6-9-26(10-7-20)17-11-16(22-13-23-17)25-14(2)3/h11-14H,4-10H2,1-3H3,(H,21,24)(H,22,23,25). The van der Waals surface area contributed by atoms with Gasteiger partial charge in [-0.15, -0.1) is 0 Å². The van der Waals surface area contributed by atoms with Crippen molar-refractivity contribution in [2.75, 3.05) is 29.9 Å². The number of anilines is 2.